The van der Waals surface area contributed by atoms with E-state index in [-0.39, 0.29) is 11.8 Å². The molecule has 0 rings (SSSR count). The van der Waals surface area contributed by atoms with Crippen LogP contribution in [0, 0.1) is 0 Å². The van der Waals surface area contributed by atoms with E-state index in [1.807, 2.05) is 13.8 Å². The summed E-state index contributed by atoms with van der Waals surface area (Å²) in [6.45, 7) is 10.6. The zero-order valence-electron chi connectivity index (χ0n) is 13.1. The third-order valence-corrected chi connectivity index (χ3v) is 5.29. The highest BCUT2D eigenvalue weighted by atomic mass is 32.2. The van der Waals surface area contributed by atoms with Gasteiger partial charge in [0.25, 0.3) is 0 Å². The molecule has 0 aromatic rings. The predicted octanol–water partition coefficient (Wildman–Crippen LogP) is 2.61. The van der Waals surface area contributed by atoms with E-state index in [9.17, 15) is 8.42 Å². The molecule has 0 amide bonds. The van der Waals surface area contributed by atoms with E-state index in [1.54, 1.807) is 4.31 Å². The van der Waals surface area contributed by atoms with Crippen LogP contribution in [0.4, 0.5) is 0 Å². The van der Waals surface area contributed by atoms with Gasteiger partial charge in [0.2, 0.25) is 10.0 Å². The number of nitrogens with zero attached hydrogens (tertiary/aromatic N) is 1. The van der Waals surface area contributed by atoms with E-state index >= 15 is 0 Å². The average molecular weight is 292 g/mol. The smallest absolute Gasteiger partial charge is 0.214 e. The highest BCUT2D eigenvalue weighted by Crippen LogP contribution is 2.12. The minimum absolute atomic E-state index is 0.0654. The van der Waals surface area contributed by atoms with Crippen molar-refractivity contribution in [1.82, 2.24) is 9.62 Å². The van der Waals surface area contributed by atoms with Gasteiger partial charge in [-0.25, -0.2) is 8.42 Å². The van der Waals surface area contributed by atoms with Crippen molar-refractivity contribution in [2.75, 3.05) is 25.4 Å². The molecule has 0 spiro atoms. The molecule has 0 heterocycles. The van der Waals surface area contributed by atoms with Crippen LogP contribution < -0.4 is 5.32 Å². The first-order valence-electron chi connectivity index (χ1n) is 7.66. The maximum absolute atomic E-state index is 12.3. The molecule has 19 heavy (non-hydrogen) atoms. The van der Waals surface area contributed by atoms with Gasteiger partial charge in [-0.05, 0) is 46.2 Å². The first kappa shape index (κ1) is 18.9. The van der Waals surface area contributed by atoms with Crippen molar-refractivity contribution in [2.24, 2.45) is 0 Å². The number of unbranched alkanes of at least 4 members (excludes halogenated alkanes) is 3. The lowest BCUT2D eigenvalue weighted by atomic mass is 10.2. The van der Waals surface area contributed by atoms with Gasteiger partial charge in [0.1, 0.15) is 0 Å². The molecule has 0 saturated heterocycles. The van der Waals surface area contributed by atoms with Crippen LogP contribution in [0.2, 0.25) is 0 Å². The van der Waals surface area contributed by atoms with E-state index in [0.717, 1.165) is 45.2 Å². The molecule has 0 unspecified atom stereocenters. The highest BCUT2D eigenvalue weighted by molar-refractivity contribution is 7.89. The van der Waals surface area contributed by atoms with Gasteiger partial charge in [0, 0.05) is 12.6 Å². The number of nitrogens with one attached hydrogen (secondary N) is 1. The highest BCUT2D eigenvalue weighted by Gasteiger charge is 2.23. The first-order valence-corrected chi connectivity index (χ1v) is 9.26. The molecule has 5 heteroatoms. The summed E-state index contributed by atoms with van der Waals surface area (Å²) in [4.78, 5) is 0. The van der Waals surface area contributed by atoms with E-state index in [4.69, 9.17) is 0 Å². The summed E-state index contributed by atoms with van der Waals surface area (Å²) in [5, 5.41) is 3.22. The van der Waals surface area contributed by atoms with Gasteiger partial charge in [-0.1, -0.05) is 26.7 Å². The second kappa shape index (κ2) is 10.6. The van der Waals surface area contributed by atoms with Crippen LogP contribution in [0.15, 0.2) is 0 Å². The first-order chi connectivity index (χ1) is 8.95. The zero-order chi connectivity index (χ0) is 14.7. The van der Waals surface area contributed by atoms with Crippen LogP contribution >= 0.6 is 0 Å². The standard InChI is InChI=1S/C14H32N2O2S/c1-5-7-9-12-16(14(3)4)19(17,18)13-10-8-11-15-6-2/h14-15H,5-13H2,1-4H3. The van der Waals surface area contributed by atoms with E-state index in [0.29, 0.717) is 6.54 Å². The lowest BCUT2D eigenvalue weighted by Crippen LogP contribution is -2.39. The van der Waals surface area contributed by atoms with Crippen LogP contribution in [0.3, 0.4) is 0 Å². The van der Waals surface area contributed by atoms with Crippen LogP contribution in [0.1, 0.15) is 59.8 Å². The third kappa shape index (κ3) is 8.60. The molecule has 0 aliphatic heterocycles. The topological polar surface area (TPSA) is 49.4 Å². The van der Waals surface area contributed by atoms with Gasteiger partial charge < -0.3 is 5.32 Å². The summed E-state index contributed by atoms with van der Waals surface area (Å²) in [6.07, 6.45) is 4.85. The Morgan fingerprint density at radius 2 is 1.74 bits per heavy atom. The summed E-state index contributed by atoms with van der Waals surface area (Å²) < 4.78 is 26.3. The summed E-state index contributed by atoms with van der Waals surface area (Å²) in [7, 11) is -3.08. The Labute approximate surface area is 120 Å². The number of hydrogen-bond acceptors (Lipinski definition) is 3. The fraction of sp³-hybridized carbons (Fsp3) is 1.00. The molecule has 0 aliphatic rings. The normalized spacial score (nSPS) is 12.5. The Morgan fingerprint density at radius 1 is 1.05 bits per heavy atom. The van der Waals surface area contributed by atoms with Gasteiger partial charge in [0.15, 0.2) is 0 Å². The second-order valence-electron chi connectivity index (χ2n) is 5.29. The monoisotopic (exact) mass is 292 g/mol. The van der Waals surface area contributed by atoms with Gasteiger partial charge in [-0.15, -0.1) is 0 Å². The SMILES string of the molecule is CCCCCN(C(C)C)S(=O)(=O)CCCCNCC. The Hall–Kier alpha value is -0.130. The summed E-state index contributed by atoms with van der Waals surface area (Å²) in [5.41, 5.74) is 0. The lowest BCUT2D eigenvalue weighted by Gasteiger charge is -2.26. The Kier molecular flexibility index (Phi) is 10.6. The van der Waals surface area contributed by atoms with Gasteiger partial charge in [-0.2, -0.15) is 4.31 Å². The van der Waals surface area contributed by atoms with Crippen molar-refractivity contribution in [3.05, 3.63) is 0 Å². The number of sulfonamides is 1. The molecule has 0 atom stereocenters. The predicted molar refractivity (Wildman–Crippen MR) is 82.9 cm³/mol. The molecule has 0 bridgehead atoms. The second-order valence-corrected chi connectivity index (χ2v) is 7.33. The molecular formula is C14H32N2O2S. The van der Waals surface area contributed by atoms with Crippen molar-refractivity contribution in [3.63, 3.8) is 0 Å². The van der Waals surface area contributed by atoms with Crippen LogP contribution in [-0.4, -0.2) is 44.2 Å². The minimum atomic E-state index is -3.08. The Balaban J connectivity index is 4.21. The number of rotatable bonds is 12. The van der Waals surface area contributed by atoms with Crippen molar-refractivity contribution in [1.29, 1.82) is 0 Å². The van der Waals surface area contributed by atoms with Gasteiger partial charge in [-0.3, -0.25) is 0 Å². The Bertz CT molecular complexity index is 303. The zero-order valence-corrected chi connectivity index (χ0v) is 13.9. The molecule has 116 valence electrons. The molecule has 0 aromatic carbocycles. The van der Waals surface area contributed by atoms with E-state index in [1.165, 1.54) is 0 Å². The fourth-order valence-electron chi connectivity index (χ4n) is 2.06. The average Bonchev–Trinajstić information content (AvgIpc) is 2.33. The van der Waals surface area contributed by atoms with Crippen molar-refractivity contribution in [2.45, 2.75) is 65.8 Å². The van der Waals surface area contributed by atoms with Crippen LogP contribution in [-0.2, 0) is 10.0 Å². The molecule has 0 radical (unpaired) electrons. The minimum Gasteiger partial charge on any atom is -0.317 e. The van der Waals surface area contributed by atoms with Gasteiger partial charge in [0.05, 0.1) is 5.75 Å². The maximum Gasteiger partial charge on any atom is 0.214 e. The molecule has 0 aromatic heterocycles. The lowest BCUT2D eigenvalue weighted by molar-refractivity contribution is 0.345. The van der Waals surface area contributed by atoms with Crippen molar-refractivity contribution < 1.29 is 8.42 Å². The molecule has 1 N–H and O–H groups in total. The van der Waals surface area contributed by atoms with E-state index in [2.05, 4.69) is 19.2 Å². The fourth-order valence-corrected chi connectivity index (χ4v) is 3.92. The van der Waals surface area contributed by atoms with E-state index < -0.39 is 10.0 Å². The summed E-state index contributed by atoms with van der Waals surface area (Å²) >= 11 is 0. The molecule has 0 fully saturated rings. The molecular weight excluding hydrogens is 260 g/mol. The molecule has 4 nitrogen and oxygen atoms in total. The van der Waals surface area contributed by atoms with Crippen LogP contribution in [0.5, 0.6) is 0 Å². The van der Waals surface area contributed by atoms with Crippen molar-refractivity contribution >= 4 is 10.0 Å². The summed E-state index contributed by atoms with van der Waals surface area (Å²) in [6, 6.07) is 0.0654. The van der Waals surface area contributed by atoms with Crippen LogP contribution in [0.25, 0.3) is 0 Å². The quantitative estimate of drug-likeness (QED) is 0.563. The third-order valence-electron chi connectivity index (χ3n) is 3.17. The molecule has 0 saturated carbocycles. The number of hydrogen-bond donors (Lipinski definition) is 1. The van der Waals surface area contributed by atoms with Gasteiger partial charge >= 0.3 is 0 Å². The largest absolute Gasteiger partial charge is 0.317 e. The maximum atomic E-state index is 12.3. The Morgan fingerprint density at radius 3 is 2.26 bits per heavy atom. The summed E-state index contributed by atoms with van der Waals surface area (Å²) in [5.74, 6) is 0.280. The van der Waals surface area contributed by atoms with Crippen molar-refractivity contribution in [3.8, 4) is 0 Å². The molecule has 0 aliphatic carbocycles.